The third-order valence-electron chi connectivity index (χ3n) is 5.25. The number of amides is 1. The molecule has 0 spiro atoms. The second-order valence-electron chi connectivity index (χ2n) is 7.07. The summed E-state index contributed by atoms with van der Waals surface area (Å²) < 4.78 is 0. The molecule has 2 aliphatic heterocycles. The summed E-state index contributed by atoms with van der Waals surface area (Å²) in [6.07, 6.45) is 3.63. The number of likely N-dealkylation sites (N-methyl/N-ethyl adjacent to an activating group) is 1. The number of piperazine rings is 1. The molecule has 2 fully saturated rings. The van der Waals surface area contributed by atoms with Gasteiger partial charge in [-0.3, -0.25) is 14.9 Å². The number of nitrogens with zero attached hydrogens (tertiary/aromatic N) is 5. The van der Waals surface area contributed by atoms with E-state index in [1.807, 2.05) is 9.80 Å². The molecule has 0 aliphatic carbocycles. The lowest BCUT2D eigenvalue weighted by Crippen LogP contribution is -2.47. The van der Waals surface area contributed by atoms with E-state index in [9.17, 15) is 14.9 Å². The summed E-state index contributed by atoms with van der Waals surface area (Å²) in [5.74, 6) is 1.21. The topological polar surface area (TPSA) is 82.8 Å². The van der Waals surface area contributed by atoms with Gasteiger partial charge in [-0.15, -0.1) is 0 Å². The SMILES string of the molecule is CN1CCN(C(=O)CC2CCN(c3ncc([N+](=O)[O-])cc3Cl)CC2)CC1. The fourth-order valence-electron chi connectivity index (χ4n) is 3.53. The number of piperidine rings is 1. The normalized spacial score (nSPS) is 19.6. The van der Waals surface area contributed by atoms with Crippen molar-refractivity contribution >= 4 is 29.0 Å². The molecule has 0 atom stereocenters. The van der Waals surface area contributed by atoms with Gasteiger partial charge in [-0.1, -0.05) is 11.6 Å². The molecule has 3 rings (SSSR count). The van der Waals surface area contributed by atoms with Crippen molar-refractivity contribution in [2.24, 2.45) is 5.92 Å². The van der Waals surface area contributed by atoms with Crippen LogP contribution < -0.4 is 4.90 Å². The number of rotatable bonds is 4. The first-order chi connectivity index (χ1) is 12.4. The zero-order chi connectivity index (χ0) is 18.7. The van der Waals surface area contributed by atoms with Gasteiger partial charge in [0, 0.05) is 51.8 Å². The standard InChI is InChI=1S/C17H24ClN5O3/c1-20-6-8-21(9-7-20)16(24)10-13-2-4-22(5-3-13)17-15(18)11-14(12-19-17)23(25)26/h11-13H,2-10H2,1H3. The molecule has 0 bridgehead atoms. The number of carbonyl (C=O) groups excluding carboxylic acids is 1. The average molecular weight is 382 g/mol. The van der Waals surface area contributed by atoms with Crippen molar-refractivity contribution < 1.29 is 9.72 Å². The summed E-state index contributed by atoms with van der Waals surface area (Å²) in [6.45, 7) is 5.02. The zero-order valence-electron chi connectivity index (χ0n) is 14.9. The van der Waals surface area contributed by atoms with E-state index in [1.165, 1.54) is 12.3 Å². The summed E-state index contributed by atoms with van der Waals surface area (Å²) in [5, 5.41) is 11.1. The quantitative estimate of drug-likeness (QED) is 0.586. The molecule has 1 aromatic heterocycles. The average Bonchev–Trinajstić information content (AvgIpc) is 2.63. The van der Waals surface area contributed by atoms with Crippen LogP contribution in [-0.4, -0.2) is 71.9 Å². The number of halogens is 1. The number of hydrogen-bond acceptors (Lipinski definition) is 6. The lowest BCUT2D eigenvalue weighted by atomic mass is 9.93. The minimum Gasteiger partial charge on any atom is -0.355 e. The van der Waals surface area contributed by atoms with Crippen molar-refractivity contribution in [1.82, 2.24) is 14.8 Å². The summed E-state index contributed by atoms with van der Waals surface area (Å²) in [4.78, 5) is 33.2. The van der Waals surface area contributed by atoms with Crippen LogP contribution in [-0.2, 0) is 4.79 Å². The number of pyridine rings is 1. The van der Waals surface area contributed by atoms with Crippen LogP contribution in [0.25, 0.3) is 0 Å². The van der Waals surface area contributed by atoms with Crippen LogP contribution in [0.4, 0.5) is 11.5 Å². The Balaban J connectivity index is 1.51. The van der Waals surface area contributed by atoms with Crippen LogP contribution in [0.2, 0.25) is 5.02 Å². The monoisotopic (exact) mass is 381 g/mol. The predicted octanol–water partition coefficient (Wildman–Crippen LogP) is 2.02. The van der Waals surface area contributed by atoms with Crippen LogP contribution in [0.5, 0.6) is 0 Å². The maximum Gasteiger partial charge on any atom is 0.289 e. The Bertz CT molecular complexity index is 670. The van der Waals surface area contributed by atoms with Gasteiger partial charge in [-0.25, -0.2) is 4.98 Å². The van der Waals surface area contributed by atoms with Gasteiger partial charge >= 0.3 is 0 Å². The lowest BCUT2D eigenvalue weighted by molar-refractivity contribution is -0.385. The number of hydrogen-bond donors (Lipinski definition) is 0. The van der Waals surface area contributed by atoms with Gasteiger partial charge in [0.1, 0.15) is 12.0 Å². The summed E-state index contributed by atoms with van der Waals surface area (Å²) in [5.41, 5.74) is -0.105. The minimum absolute atomic E-state index is 0.105. The molecule has 142 valence electrons. The first-order valence-electron chi connectivity index (χ1n) is 8.95. The van der Waals surface area contributed by atoms with Crippen LogP contribution in [0.15, 0.2) is 12.3 Å². The molecule has 0 unspecified atom stereocenters. The minimum atomic E-state index is -0.501. The molecule has 0 saturated carbocycles. The third kappa shape index (κ3) is 4.42. The van der Waals surface area contributed by atoms with E-state index in [4.69, 9.17) is 11.6 Å². The summed E-state index contributed by atoms with van der Waals surface area (Å²) in [7, 11) is 2.08. The van der Waals surface area contributed by atoms with Crippen LogP contribution in [0, 0.1) is 16.0 Å². The highest BCUT2D eigenvalue weighted by Gasteiger charge is 2.27. The molecule has 26 heavy (non-hydrogen) atoms. The van der Waals surface area contributed by atoms with E-state index in [-0.39, 0.29) is 11.6 Å². The molecular weight excluding hydrogens is 358 g/mol. The predicted molar refractivity (Wildman–Crippen MR) is 99.5 cm³/mol. The van der Waals surface area contributed by atoms with Crippen molar-refractivity contribution in [1.29, 1.82) is 0 Å². The molecule has 2 aliphatic rings. The molecule has 0 N–H and O–H groups in total. The summed E-state index contributed by atoms with van der Waals surface area (Å²) >= 11 is 6.17. The van der Waals surface area contributed by atoms with E-state index in [1.54, 1.807) is 0 Å². The molecule has 9 heteroatoms. The maximum atomic E-state index is 12.5. The highest BCUT2D eigenvalue weighted by Crippen LogP contribution is 2.31. The van der Waals surface area contributed by atoms with E-state index in [0.717, 1.165) is 52.1 Å². The fourth-order valence-corrected chi connectivity index (χ4v) is 3.81. The van der Waals surface area contributed by atoms with Crippen LogP contribution in [0.3, 0.4) is 0 Å². The Labute approximate surface area is 157 Å². The second kappa shape index (κ2) is 8.18. The van der Waals surface area contributed by atoms with Crippen molar-refractivity contribution in [2.45, 2.75) is 19.3 Å². The smallest absolute Gasteiger partial charge is 0.289 e. The van der Waals surface area contributed by atoms with Gasteiger partial charge in [0.2, 0.25) is 5.91 Å². The van der Waals surface area contributed by atoms with Crippen LogP contribution in [0.1, 0.15) is 19.3 Å². The number of carbonyl (C=O) groups is 1. The van der Waals surface area contributed by atoms with Crippen molar-refractivity contribution in [2.75, 3.05) is 51.2 Å². The van der Waals surface area contributed by atoms with Gasteiger partial charge in [0.15, 0.2) is 0 Å². The fraction of sp³-hybridized carbons (Fsp3) is 0.647. The number of nitro groups is 1. The first kappa shape index (κ1) is 18.8. The van der Waals surface area contributed by atoms with Gasteiger partial charge in [0.05, 0.1) is 9.95 Å². The van der Waals surface area contributed by atoms with Crippen LogP contribution >= 0.6 is 11.6 Å². The van der Waals surface area contributed by atoms with E-state index >= 15 is 0 Å². The maximum absolute atomic E-state index is 12.5. The molecule has 8 nitrogen and oxygen atoms in total. The zero-order valence-corrected chi connectivity index (χ0v) is 15.7. The molecule has 0 radical (unpaired) electrons. The van der Waals surface area contributed by atoms with Gasteiger partial charge < -0.3 is 14.7 Å². The van der Waals surface area contributed by atoms with Gasteiger partial charge in [-0.2, -0.15) is 0 Å². The Morgan fingerprint density at radius 1 is 1.27 bits per heavy atom. The molecule has 0 aromatic carbocycles. The number of anilines is 1. The third-order valence-corrected chi connectivity index (χ3v) is 5.53. The second-order valence-corrected chi connectivity index (χ2v) is 7.48. The van der Waals surface area contributed by atoms with Crippen molar-refractivity contribution in [3.8, 4) is 0 Å². The Kier molecular flexibility index (Phi) is 5.93. The first-order valence-corrected chi connectivity index (χ1v) is 9.33. The highest BCUT2D eigenvalue weighted by molar-refractivity contribution is 6.33. The van der Waals surface area contributed by atoms with E-state index in [2.05, 4.69) is 16.9 Å². The number of aromatic nitrogens is 1. The van der Waals surface area contributed by atoms with Gasteiger partial charge in [0.25, 0.3) is 5.69 Å². The Morgan fingerprint density at radius 2 is 1.92 bits per heavy atom. The largest absolute Gasteiger partial charge is 0.355 e. The van der Waals surface area contributed by atoms with Crippen molar-refractivity contribution in [3.63, 3.8) is 0 Å². The summed E-state index contributed by atoms with van der Waals surface area (Å²) in [6, 6.07) is 1.34. The van der Waals surface area contributed by atoms with E-state index < -0.39 is 4.92 Å². The van der Waals surface area contributed by atoms with Crippen molar-refractivity contribution in [3.05, 3.63) is 27.4 Å². The molecule has 1 amide bonds. The lowest BCUT2D eigenvalue weighted by Gasteiger charge is -2.36. The van der Waals surface area contributed by atoms with Gasteiger partial charge in [-0.05, 0) is 25.8 Å². The molecule has 1 aromatic rings. The Morgan fingerprint density at radius 3 is 2.50 bits per heavy atom. The molecule has 3 heterocycles. The molecular formula is C17H24ClN5O3. The van der Waals surface area contributed by atoms with E-state index in [0.29, 0.717) is 23.2 Å². The Hall–Kier alpha value is -1.93. The molecule has 2 saturated heterocycles. The highest BCUT2D eigenvalue weighted by atomic mass is 35.5.